The molecule has 0 radical (unpaired) electrons. The fourth-order valence-corrected chi connectivity index (χ4v) is 2.76. The van der Waals surface area contributed by atoms with Crippen LogP contribution >= 0.6 is 23.2 Å². The molecule has 0 unspecified atom stereocenters. The molecule has 0 fully saturated rings. The van der Waals surface area contributed by atoms with Crippen LogP contribution in [0.3, 0.4) is 0 Å². The van der Waals surface area contributed by atoms with Gasteiger partial charge in [0, 0.05) is 0 Å². The van der Waals surface area contributed by atoms with E-state index in [0.717, 1.165) is 0 Å². The molecule has 0 saturated heterocycles. The van der Waals surface area contributed by atoms with E-state index in [1.807, 2.05) is 0 Å². The standard InChI is InChI=1S/C13H10Cl2O4S/c1-18-9-2-4-10(5-3-9)19-20(16,17)11-6-7-12(14)13(15)8-11/h2-8H,1H3. The smallest absolute Gasteiger partial charge is 0.339 e. The van der Waals surface area contributed by atoms with Crippen LogP contribution in [0.5, 0.6) is 11.5 Å². The van der Waals surface area contributed by atoms with Gasteiger partial charge in [-0.2, -0.15) is 8.42 Å². The summed E-state index contributed by atoms with van der Waals surface area (Å²) in [6.45, 7) is 0. The second-order valence-electron chi connectivity index (χ2n) is 3.79. The van der Waals surface area contributed by atoms with Gasteiger partial charge in [-0.3, -0.25) is 0 Å². The Kier molecular flexibility index (Phi) is 4.42. The summed E-state index contributed by atoms with van der Waals surface area (Å²) in [7, 11) is -2.44. The van der Waals surface area contributed by atoms with Crippen LogP contribution in [0.4, 0.5) is 0 Å². The molecule has 7 heteroatoms. The highest BCUT2D eigenvalue weighted by Gasteiger charge is 2.18. The third-order valence-electron chi connectivity index (χ3n) is 2.45. The van der Waals surface area contributed by atoms with E-state index >= 15 is 0 Å². The van der Waals surface area contributed by atoms with Crippen LogP contribution < -0.4 is 8.92 Å². The molecule has 2 aromatic carbocycles. The van der Waals surface area contributed by atoms with Crippen LogP contribution in [-0.2, 0) is 10.1 Å². The zero-order valence-corrected chi connectivity index (χ0v) is 12.7. The van der Waals surface area contributed by atoms with Crippen molar-refractivity contribution in [3.05, 3.63) is 52.5 Å². The average Bonchev–Trinajstić information content (AvgIpc) is 2.42. The van der Waals surface area contributed by atoms with Gasteiger partial charge in [-0.05, 0) is 42.5 Å². The maximum atomic E-state index is 12.1. The monoisotopic (exact) mass is 332 g/mol. The molecule has 0 saturated carbocycles. The highest BCUT2D eigenvalue weighted by molar-refractivity contribution is 7.87. The molecule has 0 amide bonds. The van der Waals surface area contributed by atoms with Gasteiger partial charge in [0.25, 0.3) is 0 Å². The Hall–Kier alpha value is -1.43. The van der Waals surface area contributed by atoms with Gasteiger partial charge in [-0.15, -0.1) is 0 Å². The first-order valence-corrected chi connectivity index (χ1v) is 7.62. The van der Waals surface area contributed by atoms with Crippen molar-refractivity contribution in [3.63, 3.8) is 0 Å². The van der Waals surface area contributed by atoms with Crippen molar-refractivity contribution in [3.8, 4) is 11.5 Å². The van der Waals surface area contributed by atoms with E-state index in [1.54, 1.807) is 12.1 Å². The number of hydrogen-bond acceptors (Lipinski definition) is 4. The van der Waals surface area contributed by atoms with Crippen LogP contribution in [0.25, 0.3) is 0 Å². The third-order valence-corrected chi connectivity index (χ3v) is 4.43. The normalized spacial score (nSPS) is 11.2. The van der Waals surface area contributed by atoms with E-state index in [-0.39, 0.29) is 20.7 Å². The van der Waals surface area contributed by atoms with Gasteiger partial charge >= 0.3 is 10.1 Å². The van der Waals surface area contributed by atoms with Gasteiger partial charge in [0.1, 0.15) is 16.4 Å². The molecule has 106 valence electrons. The average molecular weight is 333 g/mol. The predicted molar refractivity (Wildman–Crippen MR) is 77.3 cm³/mol. The second kappa shape index (κ2) is 5.91. The summed E-state index contributed by atoms with van der Waals surface area (Å²) in [5.41, 5.74) is 0. The maximum Gasteiger partial charge on any atom is 0.339 e. The van der Waals surface area contributed by atoms with E-state index in [1.165, 1.54) is 37.4 Å². The van der Waals surface area contributed by atoms with Crippen molar-refractivity contribution >= 4 is 33.3 Å². The van der Waals surface area contributed by atoms with E-state index in [2.05, 4.69) is 0 Å². The molecule has 0 aromatic heterocycles. The van der Waals surface area contributed by atoms with E-state index in [9.17, 15) is 8.42 Å². The first kappa shape index (κ1) is 15.0. The first-order valence-electron chi connectivity index (χ1n) is 5.46. The molecule has 2 aromatic rings. The van der Waals surface area contributed by atoms with Gasteiger partial charge in [0.05, 0.1) is 17.2 Å². The van der Waals surface area contributed by atoms with Crippen molar-refractivity contribution in [2.45, 2.75) is 4.90 Å². The molecule has 4 nitrogen and oxygen atoms in total. The lowest BCUT2D eigenvalue weighted by molar-refractivity contribution is 0.413. The lowest BCUT2D eigenvalue weighted by Gasteiger charge is -2.08. The molecule has 0 heterocycles. The highest BCUT2D eigenvalue weighted by Crippen LogP contribution is 2.27. The largest absolute Gasteiger partial charge is 0.497 e. The van der Waals surface area contributed by atoms with Crippen LogP contribution in [-0.4, -0.2) is 15.5 Å². The van der Waals surface area contributed by atoms with Crippen LogP contribution in [0.15, 0.2) is 47.4 Å². The minimum absolute atomic E-state index is 0.0669. The Bertz CT molecular complexity index is 712. The molecule has 0 atom stereocenters. The Labute approximate surface area is 127 Å². The summed E-state index contributed by atoms with van der Waals surface area (Å²) in [5.74, 6) is 0.779. The fraction of sp³-hybridized carbons (Fsp3) is 0.0769. The SMILES string of the molecule is COc1ccc(OS(=O)(=O)c2ccc(Cl)c(Cl)c2)cc1. The number of halogens is 2. The number of hydrogen-bond donors (Lipinski definition) is 0. The Balaban J connectivity index is 2.27. The third kappa shape index (κ3) is 3.36. The summed E-state index contributed by atoms with van der Waals surface area (Å²) in [6.07, 6.45) is 0. The Morgan fingerprint density at radius 1 is 0.900 bits per heavy atom. The molecule has 0 aliphatic heterocycles. The molecule has 0 spiro atoms. The number of methoxy groups -OCH3 is 1. The number of benzene rings is 2. The van der Waals surface area contributed by atoms with E-state index in [4.69, 9.17) is 32.1 Å². The lowest BCUT2D eigenvalue weighted by Crippen LogP contribution is -2.09. The van der Waals surface area contributed by atoms with Gasteiger partial charge < -0.3 is 8.92 Å². The van der Waals surface area contributed by atoms with Crippen LogP contribution in [0.2, 0.25) is 10.0 Å². The lowest BCUT2D eigenvalue weighted by atomic mass is 10.3. The van der Waals surface area contributed by atoms with E-state index in [0.29, 0.717) is 5.75 Å². The van der Waals surface area contributed by atoms with Crippen molar-refractivity contribution in [1.82, 2.24) is 0 Å². The predicted octanol–water partition coefficient (Wildman–Crippen LogP) is 3.77. The zero-order valence-electron chi connectivity index (χ0n) is 10.3. The fourth-order valence-electron chi connectivity index (χ4n) is 1.44. The van der Waals surface area contributed by atoms with Gasteiger partial charge in [-0.25, -0.2) is 0 Å². The Morgan fingerprint density at radius 3 is 2.05 bits per heavy atom. The minimum Gasteiger partial charge on any atom is -0.497 e. The summed E-state index contributed by atoms with van der Waals surface area (Å²) < 4.78 is 34.1. The van der Waals surface area contributed by atoms with Gasteiger partial charge in [-0.1, -0.05) is 23.2 Å². The highest BCUT2D eigenvalue weighted by atomic mass is 35.5. The molecule has 0 aliphatic carbocycles. The van der Waals surface area contributed by atoms with Crippen molar-refractivity contribution in [2.75, 3.05) is 7.11 Å². The summed E-state index contributed by atoms with van der Waals surface area (Å²) in [5, 5.41) is 0.418. The molecule has 20 heavy (non-hydrogen) atoms. The van der Waals surface area contributed by atoms with Crippen molar-refractivity contribution in [2.24, 2.45) is 0 Å². The number of ether oxygens (including phenoxy) is 1. The van der Waals surface area contributed by atoms with Gasteiger partial charge in [0.15, 0.2) is 0 Å². The minimum atomic E-state index is -3.96. The molecule has 0 bridgehead atoms. The van der Waals surface area contributed by atoms with Gasteiger partial charge in [0.2, 0.25) is 0 Å². The van der Waals surface area contributed by atoms with Crippen molar-refractivity contribution < 1.29 is 17.3 Å². The molecular formula is C13H10Cl2O4S. The molecule has 2 rings (SSSR count). The summed E-state index contributed by atoms with van der Waals surface area (Å²) in [4.78, 5) is -0.0669. The summed E-state index contributed by atoms with van der Waals surface area (Å²) >= 11 is 11.5. The molecule has 0 aliphatic rings. The topological polar surface area (TPSA) is 52.6 Å². The quantitative estimate of drug-likeness (QED) is 0.799. The summed E-state index contributed by atoms with van der Waals surface area (Å²) in [6, 6.07) is 10.1. The van der Waals surface area contributed by atoms with Crippen molar-refractivity contribution in [1.29, 1.82) is 0 Å². The number of rotatable bonds is 4. The zero-order chi connectivity index (χ0) is 14.8. The maximum absolute atomic E-state index is 12.1. The second-order valence-corrected chi connectivity index (χ2v) is 6.15. The van der Waals surface area contributed by atoms with E-state index < -0.39 is 10.1 Å². The first-order chi connectivity index (χ1) is 9.42. The Morgan fingerprint density at radius 2 is 1.50 bits per heavy atom. The molecular weight excluding hydrogens is 323 g/mol. The van der Waals surface area contributed by atoms with Crippen LogP contribution in [0.1, 0.15) is 0 Å². The van der Waals surface area contributed by atoms with Crippen LogP contribution in [0, 0.1) is 0 Å². The molecule has 0 N–H and O–H groups in total.